The van der Waals surface area contributed by atoms with Crippen LogP contribution in [0.2, 0.25) is 0 Å². The molecule has 0 bridgehead atoms. The molecule has 0 aliphatic carbocycles. The number of carbonyl (C=O) groups is 2. The van der Waals surface area contributed by atoms with E-state index in [0.29, 0.717) is 52.7 Å². The van der Waals surface area contributed by atoms with Gasteiger partial charge in [-0.3, -0.25) is 9.59 Å². The van der Waals surface area contributed by atoms with E-state index >= 15 is 0 Å². The summed E-state index contributed by atoms with van der Waals surface area (Å²) in [7, 11) is 1.62. The Kier molecular flexibility index (Phi) is 38.6. The maximum Gasteiger partial charge on any atom is 0.307 e. The lowest BCUT2D eigenvalue weighted by Crippen LogP contribution is -2.35. The molecule has 0 fully saturated rings. The third-order valence-corrected chi connectivity index (χ3v) is 9.20. The number of hydrogen-bond acceptors (Lipinski definition) is 7. The molecule has 0 aliphatic heterocycles. The predicted molar refractivity (Wildman–Crippen MR) is 203 cm³/mol. The Morgan fingerprint density at radius 1 is 0.510 bits per heavy atom. The number of hydrogen-bond donors (Lipinski definition) is 0. The van der Waals surface area contributed by atoms with Gasteiger partial charge in [0.15, 0.2) is 0 Å². The highest BCUT2D eigenvalue weighted by atomic mass is 16.6. The fourth-order valence-corrected chi connectivity index (χ4v) is 5.93. The molecule has 0 heterocycles. The summed E-state index contributed by atoms with van der Waals surface area (Å²) in [5.41, 5.74) is 0. The van der Waals surface area contributed by atoms with Crippen LogP contribution in [0.15, 0.2) is 0 Å². The number of rotatable bonds is 40. The van der Waals surface area contributed by atoms with E-state index in [4.69, 9.17) is 23.7 Å². The van der Waals surface area contributed by atoms with Gasteiger partial charge in [-0.25, -0.2) is 0 Å². The normalized spacial score (nSPS) is 12.0. The molecule has 1 unspecified atom stereocenters. The van der Waals surface area contributed by atoms with Gasteiger partial charge < -0.3 is 28.6 Å². The topological polar surface area (TPSA) is 83.5 Å². The summed E-state index contributed by atoms with van der Waals surface area (Å²) >= 11 is 0. The van der Waals surface area contributed by atoms with Gasteiger partial charge in [0, 0.05) is 40.3 Å². The first-order valence-corrected chi connectivity index (χ1v) is 20.7. The van der Waals surface area contributed by atoms with E-state index in [-0.39, 0.29) is 31.0 Å². The zero-order valence-corrected chi connectivity index (χ0v) is 32.9. The van der Waals surface area contributed by atoms with Gasteiger partial charge in [0.1, 0.15) is 12.7 Å². The average molecular weight is 700 g/mol. The van der Waals surface area contributed by atoms with Gasteiger partial charge in [-0.1, -0.05) is 155 Å². The van der Waals surface area contributed by atoms with E-state index in [9.17, 15) is 9.59 Å². The number of amides is 1. The predicted octanol–water partition coefficient (Wildman–Crippen LogP) is 10.2. The first kappa shape index (κ1) is 47.8. The zero-order valence-electron chi connectivity index (χ0n) is 32.9. The van der Waals surface area contributed by atoms with Crippen LogP contribution in [0.3, 0.4) is 0 Å². The highest BCUT2D eigenvalue weighted by molar-refractivity contribution is 5.75. The molecule has 292 valence electrons. The van der Waals surface area contributed by atoms with Crippen LogP contribution < -0.4 is 0 Å². The van der Waals surface area contributed by atoms with Crippen molar-refractivity contribution in [1.29, 1.82) is 0 Å². The molecule has 0 saturated carbocycles. The molecule has 0 aliphatic rings. The highest BCUT2D eigenvalue weighted by Crippen LogP contribution is 2.14. The maximum atomic E-state index is 12.6. The second-order valence-electron chi connectivity index (χ2n) is 13.9. The number of carbonyl (C=O) groups excluding carboxylic acids is 2. The van der Waals surface area contributed by atoms with Crippen molar-refractivity contribution in [2.24, 2.45) is 0 Å². The second kappa shape index (κ2) is 39.6. The van der Waals surface area contributed by atoms with Crippen molar-refractivity contribution >= 4 is 11.9 Å². The smallest absolute Gasteiger partial charge is 0.307 e. The second-order valence-corrected chi connectivity index (χ2v) is 13.9. The van der Waals surface area contributed by atoms with Gasteiger partial charge in [-0.2, -0.15) is 0 Å². The Morgan fingerprint density at radius 3 is 1.45 bits per heavy atom. The maximum absolute atomic E-state index is 12.6. The highest BCUT2D eigenvalue weighted by Gasteiger charge is 2.16. The van der Waals surface area contributed by atoms with E-state index in [0.717, 1.165) is 12.8 Å². The molecule has 49 heavy (non-hydrogen) atoms. The molecule has 0 N–H and O–H groups in total. The number of ether oxygens (including phenoxy) is 5. The Balaban J connectivity index is 4.30. The molecular weight excluding hydrogens is 618 g/mol. The summed E-state index contributed by atoms with van der Waals surface area (Å²) in [4.78, 5) is 26.2. The van der Waals surface area contributed by atoms with Crippen LogP contribution >= 0.6 is 0 Å². The molecule has 0 aromatic heterocycles. The average Bonchev–Trinajstić information content (AvgIpc) is 3.09. The van der Waals surface area contributed by atoms with Gasteiger partial charge in [0.25, 0.3) is 0 Å². The molecule has 1 atom stereocenters. The monoisotopic (exact) mass is 700 g/mol. The van der Waals surface area contributed by atoms with Crippen LogP contribution in [0.1, 0.15) is 181 Å². The molecule has 1 amide bonds. The van der Waals surface area contributed by atoms with Crippen LogP contribution in [-0.4, -0.2) is 89.3 Å². The quantitative estimate of drug-likeness (QED) is 0.0465. The number of methoxy groups -OCH3 is 1. The Hall–Kier alpha value is -1.22. The number of esters is 1. The molecule has 8 heteroatoms. The van der Waals surface area contributed by atoms with Crippen LogP contribution in [0.5, 0.6) is 0 Å². The minimum Gasteiger partial charge on any atom is -0.463 e. The van der Waals surface area contributed by atoms with Gasteiger partial charge >= 0.3 is 5.97 Å². The van der Waals surface area contributed by atoms with E-state index < -0.39 is 0 Å². The largest absolute Gasteiger partial charge is 0.463 e. The van der Waals surface area contributed by atoms with Gasteiger partial charge in [0.2, 0.25) is 5.91 Å². The van der Waals surface area contributed by atoms with Gasteiger partial charge in [0.05, 0.1) is 32.8 Å². The van der Waals surface area contributed by atoms with Crippen molar-refractivity contribution in [3.05, 3.63) is 0 Å². The van der Waals surface area contributed by atoms with E-state index in [2.05, 4.69) is 13.8 Å². The summed E-state index contributed by atoms with van der Waals surface area (Å²) < 4.78 is 28.2. The molecule has 0 aromatic rings. The van der Waals surface area contributed by atoms with E-state index in [1.54, 1.807) is 12.0 Å². The van der Waals surface area contributed by atoms with Crippen molar-refractivity contribution in [2.45, 2.75) is 187 Å². The molecule has 0 aromatic carbocycles. The number of unbranched alkanes of at least 4 members (excludes halogenated alkanes) is 22. The third-order valence-electron chi connectivity index (χ3n) is 9.20. The number of nitrogens with zero attached hydrogens (tertiary/aromatic N) is 1. The first-order valence-electron chi connectivity index (χ1n) is 20.7. The fourth-order valence-electron chi connectivity index (χ4n) is 5.93. The lowest BCUT2D eigenvalue weighted by Gasteiger charge is -2.21. The molecule has 0 rings (SSSR count). The lowest BCUT2D eigenvalue weighted by atomic mass is 10.1. The third kappa shape index (κ3) is 36.4. The Labute approximate surface area is 303 Å². The molecular formula is C41H81NO7. The summed E-state index contributed by atoms with van der Waals surface area (Å²) in [5, 5.41) is 0. The van der Waals surface area contributed by atoms with E-state index in [1.165, 1.54) is 148 Å². The van der Waals surface area contributed by atoms with Crippen molar-refractivity contribution in [3.8, 4) is 0 Å². The SMILES string of the molecule is CCCCCCCCCCCCCCOCC(COC(=O)CCN(CCOCCOC)C(C)=O)OCCCCCCCCCCCCCC. The Morgan fingerprint density at radius 2 is 0.980 bits per heavy atom. The standard InChI is InChI=1S/C41H81NO7/c1-5-7-9-11-13-15-17-19-21-23-25-27-32-47-37-40(48-33-28-26-24-22-20-18-16-14-12-10-8-6-2)38-49-41(44)29-30-42(39(3)43)31-34-46-36-35-45-4/h40H,5-38H2,1-4H3. The first-order chi connectivity index (χ1) is 24.0. The molecule has 8 nitrogen and oxygen atoms in total. The van der Waals surface area contributed by atoms with Crippen LogP contribution in [0.4, 0.5) is 0 Å². The summed E-state index contributed by atoms with van der Waals surface area (Å²) in [5.74, 6) is -0.413. The van der Waals surface area contributed by atoms with E-state index in [1.807, 2.05) is 0 Å². The van der Waals surface area contributed by atoms with Crippen molar-refractivity contribution < 1.29 is 33.3 Å². The minimum absolute atomic E-state index is 0.0852. The van der Waals surface area contributed by atoms with Crippen molar-refractivity contribution in [2.75, 3.05) is 66.4 Å². The van der Waals surface area contributed by atoms with Crippen molar-refractivity contribution in [1.82, 2.24) is 4.90 Å². The van der Waals surface area contributed by atoms with Gasteiger partial charge in [-0.05, 0) is 12.8 Å². The summed E-state index contributed by atoms with van der Waals surface area (Å²) in [6, 6.07) is 0. The van der Waals surface area contributed by atoms with Crippen LogP contribution in [0.25, 0.3) is 0 Å². The fraction of sp³-hybridized carbons (Fsp3) is 0.951. The summed E-state index contributed by atoms with van der Waals surface area (Å²) in [6.45, 7) is 10.2. The molecule has 0 spiro atoms. The minimum atomic E-state index is -0.327. The summed E-state index contributed by atoms with van der Waals surface area (Å²) in [6.07, 6.45) is 31.4. The van der Waals surface area contributed by atoms with Crippen LogP contribution in [-0.2, 0) is 33.3 Å². The lowest BCUT2D eigenvalue weighted by molar-refractivity contribution is -0.150. The molecule has 0 saturated heterocycles. The van der Waals surface area contributed by atoms with Gasteiger partial charge in [-0.15, -0.1) is 0 Å². The van der Waals surface area contributed by atoms with Crippen LogP contribution in [0, 0.1) is 0 Å². The zero-order chi connectivity index (χ0) is 35.9. The Bertz CT molecular complexity index is 693. The molecule has 0 radical (unpaired) electrons. The van der Waals surface area contributed by atoms with Crippen molar-refractivity contribution in [3.63, 3.8) is 0 Å².